The molecule has 144 valence electrons. The number of sulfonamides is 1. The van der Waals surface area contributed by atoms with E-state index in [4.69, 9.17) is 0 Å². The lowest BCUT2D eigenvalue weighted by atomic mass is 10.1. The van der Waals surface area contributed by atoms with Crippen molar-refractivity contribution in [2.75, 3.05) is 18.4 Å². The summed E-state index contributed by atoms with van der Waals surface area (Å²) in [7, 11) is -3.34. The molecule has 0 atom stereocenters. The van der Waals surface area contributed by atoms with E-state index in [0.717, 1.165) is 5.56 Å². The van der Waals surface area contributed by atoms with Crippen LogP contribution in [-0.2, 0) is 15.8 Å². The number of anilines is 1. The van der Waals surface area contributed by atoms with Crippen LogP contribution in [0.1, 0.15) is 24.0 Å². The van der Waals surface area contributed by atoms with Crippen molar-refractivity contribution in [2.24, 2.45) is 0 Å². The van der Waals surface area contributed by atoms with Gasteiger partial charge in [-0.2, -0.15) is 0 Å². The van der Waals surface area contributed by atoms with Gasteiger partial charge in [-0.1, -0.05) is 30.3 Å². The van der Waals surface area contributed by atoms with Crippen LogP contribution in [0, 0.1) is 17.0 Å². The van der Waals surface area contributed by atoms with E-state index in [-0.39, 0.29) is 17.5 Å². The molecule has 0 radical (unpaired) electrons. The molecule has 1 fully saturated rings. The van der Waals surface area contributed by atoms with Gasteiger partial charge in [0.25, 0.3) is 5.69 Å². The van der Waals surface area contributed by atoms with Gasteiger partial charge in [-0.15, -0.1) is 0 Å². The van der Waals surface area contributed by atoms with Crippen LogP contribution < -0.4 is 5.32 Å². The zero-order valence-electron chi connectivity index (χ0n) is 15.0. The van der Waals surface area contributed by atoms with Crippen LogP contribution in [0.3, 0.4) is 0 Å². The molecular weight excluding hydrogens is 368 g/mol. The summed E-state index contributed by atoms with van der Waals surface area (Å²) in [5, 5.41) is 14.1. The summed E-state index contributed by atoms with van der Waals surface area (Å²) >= 11 is 0. The van der Waals surface area contributed by atoms with Crippen LogP contribution in [0.25, 0.3) is 0 Å². The van der Waals surface area contributed by atoms with E-state index in [0.29, 0.717) is 37.3 Å². The van der Waals surface area contributed by atoms with Crippen molar-refractivity contribution in [1.29, 1.82) is 0 Å². The SMILES string of the molecule is Cc1cc([N+](=O)[O-])cnc1NC1CCN(S(=O)(=O)Cc2ccccc2)CC1. The first-order valence-electron chi connectivity index (χ1n) is 8.74. The van der Waals surface area contributed by atoms with Crippen LogP contribution in [-0.4, -0.2) is 41.8 Å². The van der Waals surface area contributed by atoms with Gasteiger partial charge >= 0.3 is 0 Å². The van der Waals surface area contributed by atoms with E-state index >= 15 is 0 Å². The smallest absolute Gasteiger partial charge is 0.287 e. The molecule has 1 aromatic carbocycles. The fraction of sp³-hybridized carbons (Fsp3) is 0.389. The van der Waals surface area contributed by atoms with Crippen LogP contribution in [0.2, 0.25) is 0 Å². The summed E-state index contributed by atoms with van der Waals surface area (Å²) in [5.74, 6) is 0.612. The molecule has 0 amide bonds. The maximum Gasteiger partial charge on any atom is 0.287 e. The van der Waals surface area contributed by atoms with Gasteiger partial charge in [-0.05, 0) is 30.9 Å². The molecule has 1 saturated heterocycles. The average molecular weight is 390 g/mol. The van der Waals surface area contributed by atoms with E-state index in [2.05, 4.69) is 10.3 Å². The minimum absolute atomic E-state index is 0.00888. The second kappa shape index (κ2) is 8.01. The maximum atomic E-state index is 12.6. The molecular formula is C18H22N4O4S. The molecule has 27 heavy (non-hydrogen) atoms. The Kier molecular flexibility index (Phi) is 5.71. The van der Waals surface area contributed by atoms with Crippen molar-refractivity contribution < 1.29 is 13.3 Å². The van der Waals surface area contributed by atoms with Gasteiger partial charge in [-0.3, -0.25) is 10.1 Å². The molecule has 0 saturated carbocycles. The van der Waals surface area contributed by atoms with Crippen molar-refractivity contribution in [3.63, 3.8) is 0 Å². The van der Waals surface area contributed by atoms with Crippen LogP contribution in [0.5, 0.6) is 0 Å². The van der Waals surface area contributed by atoms with Gasteiger partial charge in [-0.25, -0.2) is 17.7 Å². The Labute approximate surface area is 158 Å². The van der Waals surface area contributed by atoms with Crippen molar-refractivity contribution in [3.8, 4) is 0 Å². The van der Waals surface area contributed by atoms with Gasteiger partial charge in [0.1, 0.15) is 12.0 Å². The van der Waals surface area contributed by atoms with Crippen molar-refractivity contribution in [2.45, 2.75) is 31.6 Å². The third kappa shape index (κ3) is 4.81. The Morgan fingerprint density at radius 3 is 2.52 bits per heavy atom. The van der Waals surface area contributed by atoms with Crippen molar-refractivity contribution in [1.82, 2.24) is 9.29 Å². The Morgan fingerprint density at radius 1 is 1.26 bits per heavy atom. The van der Waals surface area contributed by atoms with Crippen LogP contribution in [0.15, 0.2) is 42.6 Å². The first-order valence-corrected chi connectivity index (χ1v) is 10.4. The summed E-state index contributed by atoms with van der Waals surface area (Å²) in [6.45, 7) is 2.65. The number of nitrogens with zero attached hydrogens (tertiary/aromatic N) is 3. The number of nitrogens with one attached hydrogen (secondary N) is 1. The highest BCUT2D eigenvalue weighted by Gasteiger charge is 2.28. The number of piperidine rings is 1. The molecule has 2 heterocycles. The summed E-state index contributed by atoms with van der Waals surface area (Å²) < 4.78 is 26.7. The molecule has 0 aliphatic carbocycles. The van der Waals surface area contributed by atoms with Gasteiger partial charge in [0.2, 0.25) is 10.0 Å². The number of rotatable bonds is 6. The molecule has 0 bridgehead atoms. The minimum Gasteiger partial charge on any atom is -0.367 e. The summed E-state index contributed by atoms with van der Waals surface area (Å²) in [4.78, 5) is 14.5. The molecule has 1 aliphatic heterocycles. The Balaban J connectivity index is 1.58. The fourth-order valence-electron chi connectivity index (χ4n) is 3.16. The topological polar surface area (TPSA) is 105 Å². The third-order valence-corrected chi connectivity index (χ3v) is 6.50. The monoisotopic (exact) mass is 390 g/mol. The van der Waals surface area contributed by atoms with E-state index < -0.39 is 14.9 Å². The Bertz CT molecular complexity index is 910. The standard InChI is InChI=1S/C18H22N4O4S/c1-14-11-17(22(23)24)12-19-18(14)20-16-7-9-21(10-8-16)27(25,26)13-15-5-3-2-4-6-15/h2-6,11-12,16H,7-10,13H2,1H3,(H,19,20). The normalized spacial score (nSPS) is 16.2. The lowest BCUT2D eigenvalue weighted by Crippen LogP contribution is -2.42. The zero-order valence-corrected chi connectivity index (χ0v) is 15.9. The third-order valence-electron chi connectivity index (χ3n) is 4.65. The Hall–Kier alpha value is -2.52. The number of hydrogen-bond acceptors (Lipinski definition) is 6. The molecule has 1 N–H and O–H groups in total. The summed E-state index contributed by atoms with van der Waals surface area (Å²) in [5.41, 5.74) is 1.44. The number of benzene rings is 1. The summed E-state index contributed by atoms with van der Waals surface area (Å²) in [6.07, 6.45) is 2.55. The van der Waals surface area contributed by atoms with E-state index in [1.165, 1.54) is 16.6 Å². The largest absolute Gasteiger partial charge is 0.367 e. The summed E-state index contributed by atoms with van der Waals surface area (Å²) in [6, 6.07) is 10.7. The number of nitro groups is 1. The minimum atomic E-state index is -3.34. The lowest BCUT2D eigenvalue weighted by molar-refractivity contribution is -0.385. The molecule has 8 nitrogen and oxygen atoms in total. The number of aromatic nitrogens is 1. The van der Waals surface area contributed by atoms with Gasteiger partial charge in [0.05, 0.1) is 10.7 Å². The molecule has 2 aromatic rings. The van der Waals surface area contributed by atoms with Gasteiger partial charge in [0.15, 0.2) is 0 Å². The first-order chi connectivity index (χ1) is 12.8. The quantitative estimate of drug-likeness (QED) is 0.600. The number of aryl methyl sites for hydroxylation is 1. The molecule has 0 unspecified atom stereocenters. The van der Waals surface area contributed by atoms with Gasteiger partial charge < -0.3 is 5.32 Å². The van der Waals surface area contributed by atoms with E-state index in [1.807, 2.05) is 30.3 Å². The Morgan fingerprint density at radius 2 is 1.93 bits per heavy atom. The van der Waals surface area contributed by atoms with Crippen molar-refractivity contribution in [3.05, 3.63) is 63.8 Å². The maximum absolute atomic E-state index is 12.6. The first kappa shape index (κ1) is 19.2. The number of pyridine rings is 1. The predicted octanol–water partition coefficient (Wildman–Crippen LogP) is 2.70. The predicted molar refractivity (Wildman–Crippen MR) is 103 cm³/mol. The highest BCUT2D eigenvalue weighted by molar-refractivity contribution is 7.88. The fourth-order valence-corrected chi connectivity index (χ4v) is 4.72. The number of hydrogen-bond donors (Lipinski definition) is 1. The second-order valence-corrected chi connectivity index (χ2v) is 8.64. The lowest BCUT2D eigenvalue weighted by Gasteiger charge is -2.32. The molecule has 1 aromatic heterocycles. The molecule has 3 rings (SSSR count). The highest BCUT2D eigenvalue weighted by Crippen LogP contribution is 2.23. The average Bonchev–Trinajstić information content (AvgIpc) is 2.64. The molecule has 9 heteroatoms. The van der Waals surface area contributed by atoms with E-state index in [9.17, 15) is 18.5 Å². The molecule has 1 aliphatic rings. The van der Waals surface area contributed by atoms with Crippen LogP contribution in [0.4, 0.5) is 11.5 Å². The van der Waals surface area contributed by atoms with Gasteiger partial charge in [0, 0.05) is 25.2 Å². The van der Waals surface area contributed by atoms with Crippen LogP contribution >= 0.6 is 0 Å². The zero-order chi connectivity index (χ0) is 19.4. The van der Waals surface area contributed by atoms with Crippen molar-refractivity contribution >= 4 is 21.5 Å². The van der Waals surface area contributed by atoms with E-state index in [1.54, 1.807) is 6.92 Å². The second-order valence-electron chi connectivity index (χ2n) is 6.68. The highest BCUT2D eigenvalue weighted by atomic mass is 32.2. The molecule has 0 spiro atoms.